The highest BCUT2D eigenvalue weighted by Crippen LogP contribution is 2.29. The molecule has 2 N–H and O–H groups in total. The molecule has 1 saturated carbocycles. The molecule has 2 aromatic rings. The summed E-state index contributed by atoms with van der Waals surface area (Å²) in [6, 6.07) is 9.58. The summed E-state index contributed by atoms with van der Waals surface area (Å²) in [7, 11) is -3.60. The van der Waals surface area contributed by atoms with E-state index in [-0.39, 0.29) is 22.9 Å². The molecule has 8 heteroatoms. The van der Waals surface area contributed by atoms with Crippen molar-refractivity contribution in [2.45, 2.75) is 31.2 Å². The van der Waals surface area contributed by atoms with E-state index < -0.39 is 10.0 Å². The summed E-state index contributed by atoms with van der Waals surface area (Å²) >= 11 is 0. The Morgan fingerprint density at radius 3 is 2.74 bits per heavy atom. The summed E-state index contributed by atoms with van der Waals surface area (Å²) < 4.78 is 32.1. The summed E-state index contributed by atoms with van der Waals surface area (Å²) in [5.74, 6) is 0.897. The van der Waals surface area contributed by atoms with E-state index in [0.717, 1.165) is 5.56 Å². The number of benzene rings is 1. The number of pyridine rings is 1. The number of amides is 1. The van der Waals surface area contributed by atoms with Crippen LogP contribution in [-0.2, 0) is 16.6 Å². The molecule has 0 bridgehead atoms. The second-order valence-corrected chi connectivity index (χ2v) is 8.24. The topological polar surface area (TPSA) is 97.4 Å². The Bertz CT molecular complexity index is 893. The Morgan fingerprint density at radius 1 is 1.26 bits per heavy atom. The minimum absolute atomic E-state index is 0.0656. The van der Waals surface area contributed by atoms with Crippen molar-refractivity contribution in [3.8, 4) is 5.88 Å². The van der Waals surface area contributed by atoms with Gasteiger partial charge in [0.25, 0.3) is 5.91 Å². The number of carbonyl (C=O) groups excluding carboxylic acids is 1. The molecule has 7 nitrogen and oxygen atoms in total. The second kappa shape index (κ2) is 8.49. The molecule has 1 fully saturated rings. The van der Waals surface area contributed by atoms with Crippen molar-refractivity contribution in [1.82, 2.24) is 15.0 Å². The van der Waals surface area contributed by atoms with Crippen LogP contribution < -0.4 is 14.8 Å². The summed E-state index contributed by atoms with van der Waals surface area (Å²) in [6.45, 7) is 2.98. The van der Waals surface area contributed by atoms with Crippen molar-refractivity contribution < 1.29 is 17.9 Å². The van der Waals surface area contributed by atoms with Gasteiger partial charge in [0.15, 0.2) is 0 Å². The fourth-order valence-electron chi connectivity index (χ4n) is 2.45. The third kappa shape index (κ3) is 5.51. The number of rotatable bonds is 9. The van der Waals surface area contributed by atoms with E-state index in [9.17, 15) is 13.2 Å². The standard InChI is InChI=1S/C19H23N3O4S/c1-2-22-27(24,25)17-5-3-4-16(10-17)19(23)21-12-15-8-9-18(20-11-15)26-13-14-6-7-14/h3-5,8-11,14,22H,2,6-7,12-13H2,1H3,(H,21,23). The Kier molecular flexibility index (Phi) is 6.08. The van der Waals surface area contributed by atoms with E-state index >= 15 is 0 Å². The zero-order chi connectivity index (χ0) is 19.3. The maximum absolute atomic E-state index is 12.3. The smallest absolute Gasteiger partial charge is 0.251 e. The molecule has 1 amide bonds. The van der Waals surface area contributed by atoms with E-state index in [1.165, 1.54) is 25.0 Å². The molecule has 27 heavy (non-hydrogen) atoms. The van der Waals surface area contributed by atoms with Crippen LogP contribution in [0.1, 0.15) is 35.7 Å². The molecule has 0 atom stereocenters. The van der Waals surface area contributed by atoms with E-state index in [4.69, 9.17) is 4.74 Å². The molecule has 1 aromatic heterocycles. The number of carbonyl (C=O) groups is 1. The Balaban J connectivity index is 1.57. The van der Waals surface area contributed by atoms with Crippen LogP contribution in [0, 0.1) is 5.92 Å². The molecular weight excluding hydrogens is 366 g/mol. The zero-order valence-corrected chi connectivity index (χ0v) is 16.0. The highest BCUT2D eigenvalue weighted by molar-refractivity contribution is 7.89. The monoisotopic (exact) mass is 389 g/mol. The normalized spacial score (nSPS) is 14.0. The quantitative estimate of drug-likeness (QED) is 0.684. The van der Waals surface area contributed by atoms with Crippen molar-refractivity contribution in [2.75, 3.05) is 13.2 Å². The van der Waals surface area contributed by atoms with Crippen LogP contribution in [0.3, 0.4) is 0 Å². The molecule has 0 aliphatic heterocycles. The SMILES string of the molecule is CCNS(=O)(=O)c1cccc(C(=O)NCc2ccc(OCC3CC3)nc2)c1. The van der Waals surface area contributed by atoms with E-state index in [0.29, 0.717) is 24.9 Å². The Morgan fingerprint density at radius 2 is 2.07 bits per heavy atom. The molecule has 1 aromatic carbocycles. The van der Waals surface area contributed by atoms with Gasteiger partial charge < -0.3 is 10.1 Å². The number of ether oxygens (including phenoxy) is 1. The second-order valence-electron chi connectivity index (χ2n) is 6.47. The Labute approximate surface area is 159 Å². The van der Waals surface area contributed by atoms with Crippen LogP contribution in [0.5, 0.6) is 5.88 Å². The van der Waals surface area contributed by atoms with Crippen molar-refractivity contribution in [1.29, 1.82) is 0 Å². The molecule has 3 rings (SSSR count). The van der Waals surface area contributed by atoms with Crippen molar-refractivity contribution in [3.63, 3.8) is 0 Å². The number of aromatic nitrogens is 1. The molecular formula is C19H23N3O4S. The van der Waals surface area contributed by atoms with Crippen LogP contribution in [0.2, 0.25) is 0 Å². The molecule has 144 valence electrons. The number of nitrogens with zero attached hydrogens (tertiary/aromatic N) is 1. The molecule has 1 heterocycles. The van der Waals surface area contributed by atoms with Gasteiger partial charge in [-0.15, -0.1) is 0 Å². The number of hydrogen-bond acceptors (Lipinski definition) is 5. The van der Waals surface area contributed by atoms with Crippen molar-refractivity contribution >= 4 is 15.9 Å². The third-order valence-corrected chi connectivity index (χ3v) is 5.70. The average Bonchev–Trinajstić information content (AvgIpc) is 3.50. The van der Waals surface area contributed by atoms with Crippen LogP contribution in [0.25, 0.3) is 0 Å². The first-order valence-electron chi connectivity index (χ1n) is 8.93. The number of hydrogen-bond donors (Lipinski definition) is 2. The van der Waals surface area contributed by atoms with Gasteiger partial charge in [0, 0.05) is 30.9 Å². The highest BCUT2D eigenvalue weighted by Gasteiger charge is 2.22. The average molecular weight is 389 g/mol. The first kappa shape index (κ1) is 19.3. The number of sulfonamides is 1. The molecule has 0 spiro atoms. The van der Waals surface area contributed by atoms with Crippen LogP contribution >= 0.6 is 0 Å². The first-order valence-corrected chi connectivity index (χ1v) is 10.4. The molecule has 0 saturated heterocycles. The van der Waals surface area contributed by atoms with Gasteiger partial charge in [0.05, 0.1) is 11.5 Å². The van der Waals surface area contributed by atoms with Gasteiger partial charge >= 0.3 is 0 Å². The van der Waals surface area contributed by atoms with Gasteiger partial charge in [0.1, 0.15) is 0 Å². The number of nitrogens with one attached hydrogen (secondary N) is 2. The van der Waals surface area contributed by atoms with Gasteiger partial charge in [-0.3, -0.25) is 4.79 Å². The van der Waals surface area contributed by atoms with Crippen molar-refractivity contribution in [3.05, 3.63) is 53.7 Å². The first-order chi connectivity index (χ1) is 13.0. The van der Waals surface area contributed by atoms with E-state index in [1.54, 1.807) is 31.3 Å². The maximum Gasteiger partial charge on any atom is 0.251 e. The van der Waals surface area contributed by atoms with Gasteiger partial charge in [-0.2, -0.15) is 0 Å². The van der Waals surface area contributed by atoms with Crippen LogP contribution in [0.15, 0.2) is 47.5 Å². The summed E-state index contributed by atoms with van der Waals surface area (Å²) in [5.41, 5.74) is 1.12. The molecule has 0 unspecified atom stereocenters. The van der Waals surface area contributed by atoms with Gasteiger partial charge in [-0.25, -0.2) is 18.1 Å². The van der Waals surface area contributed by atoms with Gasteiger partial charge in [0.2, 0.25) is 15.9 Å². The predicted molar refractivity (Wildman–Crippen MR) is 101 cm³/mol. The van der Waals surface area contributed by atoms with E-state index in [1.807, 2.05) is 6.07 Å². The predicted octanol–water partition coefficient (Wildman–Crippen LogP) is 2.10. The third-order valence-electron chi connectivity index (χ3n) is 4.16. The molecule has 1 aliphatic carbocycles. The Hall–Kier alpha value is -2.45. The fourth-order valence-corrected chi connectivity index (χ4v) is 3.54. The lowest BCUT2D eigenvalue weighted by Gasteiger charge is -2.09. The fraction of sp³-hybridized carbons (Fsp3) is 0.368. The minimum Gasteiger partial charge on any atom is -0.477 e. The van der Waals surface area contributed by atoms with Gasteiger partial charge in [-0.05, 0) is 42.5 Å². The van der Waals surface area contributed by atoms with Gasteiger partial charge in [-0.1, -0.05) is 19.1 Å². The lowest BCUT2D eigenvalue weighted by atomic mass is 10.2. The summed E-state index contributed by atoms with van der Waals surface area (Å²) in [6.07, 6.45) is 4.11. The largest absolute Gasteiger partial charge is 0.477 e. The zero-order valence-electron chi connectivity index (χ0n) is 15.1. The highest BCUT2D eigenvalue weighted by atomic mass is 32.2. The minimum atomic E-state index is -3.60. The molecule has 0 radical (unpaired) electrons. The summed E-state index contributed by atoms with van der Waals surface area (Å²) in [5, 5.41) is 2.77. The molecule has 1 aliphatic rings. The summed E-state index contributed by atoms with van der Waals surface area (Å²) in [4.78, 5) is 16.6. The van der Waals surface area contributed by atoms with Crippen LogP contribution in [0.4, 0.5) is 0 Å². The van der Waals surface area contributed by atoms with E-state index in [2.05, 4.69) is 15.0 Å². The lowest BCUT2D eigenvalue weighted by Crippen LogP contribution is -2.25. The maximum atomic E-state index is 12.3. The van der Waals surface area contributed by atoms with Crippen LogP contribution in [-0.4, -0.2) is 32.5 Å². The lowest BCUT2D eigenvalue weighted by molar-refractivity contribution is 0.0950. The van der Waals surface area contributed by atoms with Crippen molar-refractivity contribution in [2.24, 2.45) is 5.92 Å².